The standard InChI is InChI=1S/C9H12BrNO2S/c1-6-2-3-8(14-6)9(13)11-5-7(12)4-10/h2-3,7,12H,4-5H2,1H3,(H,11,13). The van der Waals surface area contributed by atoms with Gasteiger partial charge in [0.2, 0.25) is 0 Å². The van der Waals surface area contributed by atoms with Crippen molar-refractivity contribution in [3.8, 4) is 0 Å². The molecule has 1 amide bonds. The van der Waals surface area contributed by atoms with Crippen LogP contribution < -0.4 is 5.32 Å². The van der Waals surface area contributed by atoms with Crippen LogP contribution in [0.2, 0.25) is 0 Å². The van der Waals surface area contributed by atoms with E-state index in [-0.39, 0.29) is 12.5 Å². The average molecular weight is 278 g/mol. The molecule has 78 valence electrons. The molecule has 0 saturated heterocycles. The van der Waals surface area contributed by atoms with E-state index in [1.165, 1.54) is 11.3 Å². The average Bonchev–Trinajstić information content (AvgIpc) is 2.60. The number of hydrogen-bond acceptors (Lipinski definition) is 3. The summed E-state index contributed by atoms with van der Waals surface area (Å²) in [6.45, 7) is 2.23. The smallest absolute Gasteiger partial charge is 0.261 e. The van der Waals surface area contributed by atoms with E-state index >= 15 is 0 Å². The first kappa shape index (κ1) is 11.7. The summed E-state index contributed by atoms with van der Waals surface area (Å²) >= 11 is 4.58. The van der Waals surface area contributed by atoms with Gasteiger partial charge in [-0.1, -0.05) is 15.9 Å². The van der Waals surface area contributed by atoms with Gasteiger partial charge in [-0.25, -0.2) is 0 Å². The topological polar surface area (TPSA) is 49.3 Å². The lowest BCUT2D eigenvalue weighted by Gasteiger charge is -2.07. The Labute approximate surface area is 95.3 Å². The maximum absolute atomic E-state index is 11.5. The Bertz CT molecular complexity index is 314. The highest BCUT2D eigenvalue weighted by Gasteiger charge is 2.09. The predicted octanol–water partition coefficient (Wildman–Crippen LogP) is 1.54. The Morgan fingerprint density at radius 2 is 2.43 bits per heavy atom. The maximum Gasteiger partial charge on any atom is 0.261 e. The minimum absolute atomic E-state index is 0.122. The Morgan fingerprint density at radius 1 is 1.71 bits per heavy atom. The highest BCUT2D eigenvalue weighted by atomic mass is 79.9. The van der Waals surface area contributed by atoms with Crippen LogP contribution in [-0.2, 0) is 0 Å². The number of amides is 1. The molecule has 0 bridgehead atoms. The summed E-state index contributed by atoms with van der Waals surface area (Å²) < 4.78 is 0. The molecule has 14 heavy (non-hydrogen) atoms. The van der Waals surface area contributed by atoms with Crippen LogP contribution in [0.25, 0.3) is 0 Å². The van der Waals surface area contributed by atoms with E-state index in [0.717, 1.165) is 4.88 Å². The minimum atomic E-state index is -0.528. The number of carbonyl (C=O) groups excluding carboxylic acids is 1. The first-order valence-corrected chi connectivity index (χ1v) is 6.16. The van der Waals surface area contributed by atoms with Gasteiger partial charge in [-0.2, -0.15) is 0 Å². The van der Waals surface area contributed by atoms with E-state index in [1.807, 2.05) is 13.0 Å². The van der Waals surface area contributed by atoms with Crippen LogP contribution in [-0.4, -0.2) is 29.0 Å². The van der Waals surface area contributed by atoms with E-state index in [2.05, 4.69) is 21.2 Å². The monoisotopic (exact) mass is 277 g/mol. The molecule has 0 spiro atoms. The van der Waals surface area contributed by atoms with Crippen molar-refractivity contribution in [1.82, 2.24) is 5.32 Å². The lowest BCUT2D eigenvalue weighted by atomic mass is 10.3. The van der Waals surface area contributed by atoms with Crippen molar-refractivity contribution < 1.29 is 9.90 Å². The van der Waals surface area contributed by atoms with Crippen LogP contribution in [0.5, 0.6) is 0 Å². The molecule has 0 aliphatic heterocycles. The van der Waals surface area contributed by atoms with Crippen molar-refractivity contribution >= 4 is 33.2 Å². The van der Waals surface area contributed by atoms with Gasteiger partial charge < -0.3 is 10.4 Å². The van der Waals surface area contributed by atoms with Crippen LogP contribution in [0.15, 0.2) is 12.1 Å². The van der Waals surface area contributed by atoms with Crippen molar-refractivity contribution in [2.75, 3.05) is 11.9 Å². The van der Waals surface area contributed by atoms with Gasteiger partial charge in [0.25, 0.3) is 5.91 Å². The summed E-state index contributed by atoms with van der Waals surface area (Å²) in [5.41, 5.74) is 0. The number of halogens is 1. The van der Waals surface area contributed by atoms with Crippen LogP contribution in [0.3, 0.4) is 0 Å². The van der Waals surface area contributed by atoms with Gasteiger partial charge in [0.1, 0.15) is 0 Å². The Balaban J connectivity index is 2.43. The molecule has 0 radical (unpaired) electrons. The molecular formula is C9H12BrNO2S. The molecule has 2 N–H and O–H groups in total. The minimum Gasteiger partial charge on any atom is -0.390 e. The van der Waals surface area contributed by atoms with E-state index in [0.29, 0.717) is 10.2 Å². The zero-order chi connectivity index (χ0) is 10.6. The molecule has 0 aromatic carbocycles. The van der Waals surface area contributed by atoms with Crippen LogP contribution in [0, 0.1) is 6.92 Å². The fraction of sp³-hybridized carbons (Fsp3) is 0.444. The summed E-state index contributed by atoms with van der Waals surface area (Å²) in [5, 5.41) is 12.3. The number of carbonyl (C=O) groups is 1. The maximum atomic E-state index is 11.5. The molecule has 0 aliphatic rings. The Kier molecular flexibility index (Phi) is 4.57. The van der Waals surface area contributed by atoms with E-state index in [1.54, 1.807) is 6.07 Å². The third-order valence-electron chi connectivity index (χ3n) is 1.64. The van der Waals surface area contributed by atoms with Gasteiger partial charge in [0.15, 0.2) is 0 Å². The molecule has 1 aromatic heterocycles. The van der Waals surface area contributed by atoms with Gasteiger partial charge in [0, 0.05) is 16.8 Å². The quantitative estimate of drug-likeness (QED) is 0.821. The van der Waals surface area contributed by atoms with Gasteiger partial charge >= 0.3 is 0 Å². The van der Waals surface area contributed by atoms with E-state index in [4.69, 9.17) is 0 Å². The number of rotatable bonds is 4. The molecule has 1 aromatic rings. The fourth-order valence-electron chi connectivity index (χ4n) is 0.909. The number of aliphatic hydroxyl groups is 1. The number of aryl methyl sites for hydroxylation is 1. The molecular weight excluding hydrogens is 266 g/mol. The van der Waals surface area contributed by atoms with Crippen molar-refractivity contribution in [3.05, 3.63) is 21.9 Å². The number of aliphatic hydroxyl groups excluding tert-OH is 1. The molecule has 3 nitrogen and oxygen atoms in total. The SMILES string of the molecule is Cc1ccc(C(=O)NCC(O)CBr)s1. The zero-order valence-corrected chi connectivity index (χ0v) is 10.2. The zero-order valence-electron chi connectivity index (χ0n) is 7.79. The summed E-state index contributed by atoms with van der Waals surface area (Å²) in [6.07, 6.45) is -0.528. The van der Waals surface area contributed by atoms with Crippen molar-refractivity contribution in [1.29, 1.82) is 0 Å². The third kappa shape index (κ3) is 3.40. The number of nitrogens with one attached hydrogen (secondary N) is 1. The molecule has 1 atom stereocenters. The largest absolute Gasteiger partial charge is 0.390 e. The second kappa shape index (κ2) is 5.48. The number of alkyl halides is 1. The molecule has 5 heteroatoms. The fourth-order valence-corrected chi connectivity index (χ4v) is 1.92. The highest BCUT2D eigenvalue weighted by molar-refractivity contribution is 9.09. The lowest BCUT2D eigenvalue weighted by molar-refractivity contribution is 0.0930. The van der Waals surface area contributed by atoms with Crippen LogP contribution >= 0.6 is 27.3 Å². The highest BCUT2D eigenvalue weighted by Crippen LogP contribution is 2.14. The predicted molar refractivity (Wildman–Crippen MR) is 61.2 cm³/mol. The van der Waals surface area contributed by atoms with Crippen molar-refractivity contribution in [3.63, 3.8) is 0 Å². The second-order valence-corrected chi connectivity index (χ2v) is 4.86. The van der Waals surface area contributed by atoms with E-state index in [9.17, 15) is 9.90 Å². The normalized spacial score (nSPS) is 12.5. The number of hydrogen-bond donors (Lipinski definition) is 2. The first-order valence-electron chi connectivity index (χ1n) is 4.22. The van der Waals surface area contributed by atoms with Crippen molar-refractivity contribution in [2.45, 2.75) is 13.0 Å². The summed E-state index contributed by atoms with van der Waals surface area (Å²) in [6, 6.07) is 3.69. The first-order chi connectivity index (χ1) is 6.63. The molecule has 0 saturated carbocycles. The van der Waals surface area contributed by atoms with Gasteiger partial charge in [-0.15, -0.1) is 11.3 Å². The molecule has 1 heterocycles. The summed E-state index contributed by atoms with van der Waals surface area (Å²) in [5.74, 6) is -0.122. The Hall–Kier alpha value is -0.390. The van der Waals surface area contributed by atoms with Crippen molar-refractivity contribution in [2.24, 2.45) is 0 Å². The van der Waals surface area contributed by atoms with E-state index < -0.39 is 6.10 Å². The molecule has 0 fully saturated rings. The third-order valence-corrected chi connectivity index (χ3v) is 3.39. The molecule has 0 aliphatic carbocycles. The summed E-state index contributed by atoms with van der Waals surface area (Å²) in [7, 11) is 0. The molecule has 1 unspecified atom stereocenters. The van der Waals surface area contributed by atoms with Crippen LogP contribution in [0.4, 0.5) is 0 Å². The van der Waals surface area contributed by atoms with Gasteiger partial charge in [-0.05, 0) is 19.1 Å². The van der Waals surface area contributed by atoms with Crippen LogP contribution in [0.1, 0.15) is 14.5 Å². The lowest BCUT2D eigenvalue weighted by Crippen LogP contribution is -2.32. The second-order valence-electron chi connectivity index (χ2n) is 2.93. The molecule has 1 rings (SSSR count). The number of thiophene rings is 1. The van der Waals surface area contributed by atoms with Gasteiger partial charge in [-0.3, -0.25) is 4.79 Å². The Morgan fingerprint density at radius 3 is 2.93 bits per heavy atom. The van der Waals surface area contributed by atoms with Gasteiger partial charge in [0.05, 0.1) is 11.0 Å². The summed E-state index contributed by atoms with van der Waals surface area (Å²) in [4.78, 5) is 13.2.